The number of Topliss-reactive ketones (excluding diaryl/α,β-unsaturated/α-hetero) is 1. The van der Waals surface area contributed by atoms with E-state index in [4.69, 9.17) is 4.42 Å². The molecule has 0 N–H and O–H groups in total. The summed E-state index contributed by atoms with van der Waals surface area (Å²) in [7, 11) is 0.0348. The molecule has 1 amide bonds. The Labute approximate surface area is 293 Å². The molecule has 8 nitrogen and oxygen atoms in total. The summed E-state index contributed by atoms with van der Waals surface area (Å²) in [4.78, 5) is 31.6. The molecule has 1 saturated heterocycles. The number of sulfonamides is 1. The molecule has 0 saturated carbocycles. The van der Waals surface area contributed by atoms with Crippen LogP contribution in [0.5, 0.6) is 0 Å². The summed E-state index contributed by atoms with van der Waals surface area (Å²) >= 11 is 0. The molecule has 260 valence electrons. The van der Waals surface area contributed by atoms with Gasteiger partial charge >= 0.3 is 0 Å². The molecule has 2 heterocycles. The van der Waals surface area contributed by atoms with Crippen molar-refractivity contribution in [3.8, 4) is 22.5 Å². The van der Waals surface area contributed by atoms with E-state index < -0.39 is 23.2 Å². The number of halogens is 1. The van der Waals surface area contributed by atoms with Gasteiger partial charge in [-0.25, -0.2) is 12.8 Å². The van der Waals surface area contributed by atoms with Crippen LogP contribution in [0.25, 0.3) is 33.4 Å². The lowest BCUT2D eigenvalue weighted by atomic mass is 9.95. The van der Waals surface area contributed by atoms with Gasteiger partial charge in [0.05, 0.1) is 30.1 Å². The Bertz CT molecular complexity index is 2160. The fourth-order valence-electron chi connectivity index (χ4n) is 6.81. The monoisotopic (exact) mass is 695 g/mol. The van der Waals surface area contributed by atoms with Gasteiger partial charge in [-0.15, -0.1) is 0 Å². The van der Waals surface area contributed by atoms with Crippen LogP contribution in [0.4, 0.5) is 15.8 Å². The number of likely N-dealkylation sites (tertiary alicyclic amines) is 1. The molecule has 4 aromatic carbocycles. The predicted octanol–water partition coefficient (Wildman–Crippen LogP) is 8.45. The smallest absolute Gasteiger partial charge is 0.254 e. The minimum absolute atomic E-state index is 0.0756. The van der Waals surface area contributed by atoms with Gasteiger partial charge < -0.3 is 14.2 Å². The number of fused-ring (bicyclic) bond motifs is 1. The first-order valence-corrected chi connectivity index (χ1v) is 18.7. The van der Waals surface area contributed by atoms with Crippen molar-refractivity contribution in [1.82, 2.24) is 4.90 Å². The second-order valence-electron chi connectivity index (χ2n) is 13.1. The fourth-order valence-corrected chi connectivity index (χ4v) is 7.72. The summed E-state index contributed by atoms with van der Waals surface area (Å²) in [5.74, 6) is 0.113. The molecule has 50 heavy (non-hydrogen) atoms. The average Bonchev–Trinajstić information content (AvgIpc) is 3.75. The van der Waals surface area contributed by atoms with E-state index in [-0.39, 0.29) is 29.8 Å². The molecule has 1 aromatic heterocycles. The largest absolute Gasteiger partial charge is 0.455 e. The number of benzene rings is 4. The first-order chi connectivity index (χ1) is 23.9. The Morgan fingerprint density at radius 2 is 1.68 bits per heavy atom. The SMILES string of the molecule is CCC(=O)c1c(-c2ccc(C)cc2)oc2cc(N(CCF)S(C)(=O)=O)c(-c3cccc(C(=O)N4CCCC4c4ccc(N(C)C)cc4)c3)cc12. The van der Waals surface area contributed by atoms with Crippen molar-refractivity contribution in [2.45, 2.75) is 39.2 Å². The molecule has 5 aromatic rings. The highest BCUT2D eigenvalue weighted by atomic mass is 32.2. The minimum Gasteiger partial charge on any atom is -0.455 e. The Morgan fingerprint density at radius 1 is 0.960 bits per heavy atom. The van der Waals surface area contributed by atoms with Crippen LogP contribution in [0.3, 0.4) is 0 Å². The number of rotatable bonds is 11. The predicted molar refractivity (Wildman–Crippen MR) is 198 cm³/mol. The number of amides is 1. The number of ketones is 1. The van der Waals surface area contributed by atoms with Crippen LogP contribution in [0.15, 0.2) is 89.3 Å². The van der Waals surface area contributed by atoms with Crippen molar-refractivity contribution < 1.29 is 26.8 Å². The van der Waals surface area contributed by atoms with E-state index in [1.165, 1.54) is 0 Å². The number of nitrogens with zero attached hydrogens (tertiary/aromatic N) is 3. The van der Waals surface area contributed by atoms with E-state index in [1.54, 1.807) is 43.3 Å². The molecular weight excluding hydrogens is 654 g/mol. The quantitative estimate of drug-likeness (QED) is 0.129. The van der Waals surface area contributed by atoms with Crippen LogP contribution in [-0.2, 0) is 10.0 Å². The van der Waals surface area contributed by atoms with E-state index in [2.05, 4.69) is 24.3 Å². The molecular formula is C40H42FN3O5S. The van der Waals surface area contributed by atoms with Crippen molar-refractivity contribution in [3.63, 3.8) is 0 Å². The maximum absolute atomic E-state index is 14.2. The lowest BCUT2D eigenvalue weighted by Crippen LogP contribution is -2.32. The van der Waals surface area contributed by atoms with E-state index in [0.29, 0.717) is 51.1 Å². The van der Waals surface area contributed by atoms with Crippen LogP contribution in [0.2, 0.25) is 0 Å². The lowest BCUT2D eigenvalue weighted by Gasteiger charge is -2.26. The summed E-state index contributed by atoms with van der Waals surface area (Å²) in [5, 5.41) is 0.511. The summed E-state index contributed by atoms with van der Waals surface area (Å²) in [6.07, 6.45) is 2.97. The van der Waals surface area contributed by atoms with Crippen LogP contribution in [-0.4, -0.2) is 65.1 Å². The van der Waals surface area contributed by atoms with Gasteiger partial charge in [-0.1, -0.05) is 61.0 Å². The second-order valence-corrected chi connectivity index (χ2v) is 15.0. The molecule has 1 aliphatic rings. The molecule has 1 aliphatic heterocycles. The number of hydrogen-bond donors (Lipinski definition) is 0. The zero-order chi connectivity index (χ0) is 35.7. The number of aryl methyl sites for hydroxylation is 1. The Hall–Kier alpha value is -4.96. The van der Waals surface area contributed by atoms with Gasteiger partial charge in [0, 0.05) is 60.9 Å². The van der Waals surface area contributed by atoms with Gasteiger partial charge in [-0.05, 0) is 61.2 Å². The third-order valence-corrected chi connectivity index (χ3v) is 10.6. The number of anilines is 2. The summed E-state index contributed by atoms with van der Waals surface area (Å²) < 4.78 is 47.5. The number of alkyl halides is 1. The number of hydrogen-bond acceptors (Lipinski definition) is 6. The van der Waals surface area contributed by atoms with Crippen LogP contribution in [0.1, 0.15) is 64.1 Å². The molecule has 10 heteroatoms. The number of furan rings is 1. The maximum Gasteiger partial charge on any atom is 0.254 e. The van der Waals surface area contributed by atoms with Crippen molar-refractivity contribution in [3.05, 3.63) is 107 Å². The number of carbonyl (C=O) groups excluding carboxylic acids is 2. The summed E-state index contributed by atoms with van der Waals surface area (Å²) in [6, 6.07) is 26.1. The Balaban J connectivity index is 1.49. The second kappa shape index (κ2) is 14.1. The van der Waals surface area contributed by atoms with Crippen molar-refractivity contribution >= 4 is 44.1 Å². The third kappa shape index (κ3) is 6.76. The topological polar surface area (TPSA) is 91.1 Å². The van der Waals surface area contributed by atoms with Crippen molar-refractivity contribution in [2.24, 2.45) is 0 Å². The zero-order valence-corrected chi connectivity index (χ0v) is 29.9. The normalized spacial score (nSPS) is 14.7. The lowest BCUT2D eigenvalue weighted by molar-refractivity contribution is 0.0735. The minimum atomic E-state index is -3.94. The molecule has 6 rings (SSSR count). The average molecular weight is 696 g/mol. The highest BCUT2D eigenvalue weighted by molar-refractivity contribution is 7.92. The summed E-state index contributed by atoms with van der Waals surface area (Å²) in [5.41, 5.74) is 6.22. The van der Waals surface area contributed by atoms with E-state index >= 15 is 0 Å². The highest BCUT2D eigenvalue weighted by Crippen LogP contribution is 2.43. The molecule has 1 unspecified atom stereocenters. The van der Waals surface area contributed by atoms with E-state index in [0.717, 1.165) is 40.2 Å². The van der Waals surface area contributed by atoms with Gasteiger partial charge in [0.2, 0.25) is 10.0 Å². The van der Waals surface area contributed by atoms with Crippen LogP contribution < -0.4 is 9.21 Å². The molecule has 0 aliphatic carbocycles. The molecule has 1 atom stereocenters. The molecule has 0 bridgehead atoms. The Kier molecular flexibility index (Phi) is 9.84. The van der Waals surface area contributed by atoms with E-state index in [1.807, 2.05) is 55.1 Å². The maximum atomic E-state index is 14.2. The number of carbonyl (C=O) groups is 2. The highest BCUT2D eigenvalue weighted by Gasteiger charge is 2.32. The third-order valence-electron chi connectivity index (χ3n) is 9.41. The van der Waals surface area contributed by atoms with Crippen LogP contribution >= 0.6 is 0 Å². The molecule has 1 fully saturated rings. The molecule has 0 radical (unpaired) electrons. The molecule has 0 spiro atoms. The van der Waals surface area contributed by atoms with Crippen LogP contribution in [0, 0.1) is 6.92 Å². The first-order valence-electron chi connectivity index (χ1n) is 16.8. The van der Waals surface area contributed by atoms with E-state index in [9.17, 15) is 22.4 Å². The van der Waals surface area contributed by atoms with Crippen molar-refractivity contribution in [1.29, 1.82) is 0 Å². The van der Waals surface area contributed by atoms with Crippen molar-refractivity contribution in [2.75, 3.05) is 49.3 Å². The van der Waals surface area contributed by atoms with Gasteiger partial charge in [0.25, 0.3) is 5.91 Å². The fraction of sp³-hybridized carbons (Fsp3) is 0.300. The summed E-state index contributed by atoms with van der Waals surface area (Å²) in [6.45, 7) is 3.03. The standard InChI is InChI=1S/C40H42FN3O5S/c1-6-36(45)38-33-24-32(35(44(22-20-41)50(5,47)48)25-37(33)49-39(38)28-14-12-26(2)13-15-28)29-9-7-10-30(23-29)40(46)43-21-8-11-34(43)27-16-18-31(19-17-27)42(3)4/h7,9-10,12-19,23-25,34H,6,8,11,20-22H2,1-5H3. The van der Waals surface area contributed by atoms with Gasteiger partial charge in [-0.3, -0.25) is 13.9 Å². The van der Waals surface area contributed by atoms with Gasteiger partial charge in [-0.2, -0.15) is 0 Å². The van der Waals surface area contributed by atoms with Gasteiger partial charge in [0.15, 0.2) is 5.78 Å². The first kappa shape index (κ1) is 34.9. The van der Waals surface area contributed by atoms with Gasteiger partial charge in [0.1, 0.15) is 18.0 Å². The Morgan fingerprint density at radius 3 is 2.32 bits per heavy atom. The zero-order valence-electron chi connectivity index (χ0n) is 29.1.